The Hall–Kier alpha value is -2.10. The first-order chi connectivity index (χ1) is 17.6. The average molecular weight is 492 g/mol. The molecule has 2 saturated carbocycles. The van der Waals surface area contributed by atoms with Crippen molar-refractivity contribution in [2.45, 2.75) is 122 Å². The Morgan fingerprint density at radius 2 is 1.22 bits per heavy atom. The van der Waals surface area contributed by atoms with Crippen LogP contribution in [0.3, 0.4) is 0 Å². The summed E-state index contributed by atoms with van der Waals surface area (Å²) in [7, 11) is 0. The van der Waals surface area contributed by atoms with Crippen LogP contribution in [0.15, 0.2) is 30.3 Å². The molecule has 4 nitrogen and oxygen atoms in total. The number of phenolic OH excluding ortho intramolecular Hbond substituents is 1. The van der Waals surface area contributed by atoms with E-state index < -0.39 is 0 Å². The molecular weight excluding hydrogens is 442 g/mol. The summed E-state index contributed by atoms with van der Waals surface area (Å²) in [5.74, 6) is 4.05. The van der Waals surface area contributed by atoms with Crippen molar-refractivity contribution in [1.82, 2.24) is 10.2 Å². The smallest absolute Gasteiger partial charge is 0.149 e. The van der Waals surface area contributed by atoms with Gasteiger partial charge >= 0.3 is 0 Å². The molecule has 4 heteroatoms. The van der Waals surface area contributed by atoms with Crippen molar-refractivity contribution >= 4 is 5.82 Å². The Bertz CT molecular complexity index is 917. The van der Waals surface area contributed by atoms with Gasteiger partial charge in [0.05, 0.1) is 5.69 Å². The van der Waals surface area contributed by atoms with Crippen LogP contribution in [0.2, 0.25) is 0 Å². The lowest BCUT2D eigenvalue weighted by Crippen LogP contribution is -2.16. The summed E-state index contributed by atoms with van der Waals surface area (Å²) in [5, 5.41) is 18.9. The zero-order valence-electron chi connectivity index (χ0n) is 22.6. The van der Waals surface area contributed by atoms with Gasteiger partial charge in [-0.15, -0.1) is 10.2 Å². The Labute approximate surface area is 219 Å². The van der Waals surface area contributed by atoms with Crippen molar-refractivity contribution < 1.29 is 5.11 Å². The van der Waals surface area contributed by atoms with Gasteiger partial charge < -0.3 is 10.8 Å². The van der Waals surface area contributed by atoms with Gasteiger partial charge in [0.1, 0.15) is 11.6 Å². The van der Waals surface area contributed by atoms with Crippen LogP contribution >= 0.6 is 0 Å². The fourth-order valence-corrected chi connectivity index (χ4v) is 6.97. The summed E-state index contributed by atoms with van der Waals surface area (Å²) in [4.78, 5) is 0. The number of phenols is 1. The van der Waals surface area contributed by atoms with Gasteiger partial charge in [-0.3, -0.25) is 0 Å². The van der Waals surface area contributed by atoms with E-state index in [2.05, 4.69) is 23.2 Å². The molecular formula is C32H49N3O. The first-order valence-corrected chi connectivity index (χ1v) is 15.0. The quantitative estimate of drug-likeness (QED) is 0.449. The van der Waals surface area contributed by atoms with Crippen LogP contribution in [0, 0.1) is 17.8 Å². The Morgan fingerprint density at radius 3 is 1.86 bits per heavy atom. The van der Waals surface area contributed by atoms with E-state index in [1.165, 1.54) is 109 Å². The van der Waals surface area contributed by atoms with E-state index in [1.54, 1.807) is 6.07 Å². The molecule has 2 unspecified atom stereocenters. The standard InChI is InChI=1S/C32H49N3O/c1-24-13-5-7-16-26(17-8-6-14-24)25-15-3-2-4-19-27(20-10-9-18-25)29-23-30(34-35-32(29)33)28-21-11-12-22-31(28)36/h11-12,21-27,36H,2-10,13-20H2,1H3,(H2,33,35). The van der Waals surface area contributed by atoms with Crippen LogP contribution in [0.1, 0.15) is 128 Å². The minimum atomic E-state index is 0.242. The molecule has 0 amide bonds. The highest BCUT2D eigenvalue weighted by molar-refractivity contribution is 5.67. The zero-order chi connectivity index (χ0) is 25.2. The highest BCUT2D eigenvalue weighted by Gasteiger charge is 2.24. The van der Waals surface area contributed by atoms with Crippen molar-refractivity contribution in [2.75, 3.05) is 5.73 Å². The minimum absolute atomic E-state index is 0.242. The molecule has 2 fully saturated rings. The highest BCUT2D eigenvalue weighted by atomic mass is 16.3. The molecule has 0 spiro atoms. The summed E-state index contributed by atoms with van der Waals surface area (Å²) >= 11 is 0. The van der Waals surface area contributed by atoms with Gasteiger partial charge in [0, 0.05) is 11.1 Å². The fourth-order valence-electron chi connectivity index (χ4n) is 6.97. The number of nitrogens with two attached hydrogens (primary N) is 1. The summed E-state index contributed by atoms with van der Waals surface area (Å²) in [6, 6.07) is 9.45. The summed E-state index contributed by atoms with van der Waals surface area (Å²) in [6.07, 6.45) is 23.3. The van der Waals surface area contributed by atoms with Crippen LogP contribution in [0.4, 0.5) is 5.82 Å². The molecule has 0 saturated heterocycles. The van der Waals surface area contributed by atoms with E-state index in [9.17, 15) is 5.11 Å². The second-order valence-corrected chi connectivity index (χ2v) is 11.9. The maximum Gasteiger partial charge on any atom is 0.149 e. The molecule has 4 rings (SSSR count). The first-order valence-electron chi connectivity index (χ1n) is 15.0. The lowest BCUT2D eigenvalue weighted by molar-refractivity contribution is 0.230. The van der Waals surface area contributed by atoms with Crippen molar-refractivity contribution in [3.8, 4) is 17.0 Å². The van der Waals surface area contributed by atoms with E-state index in [0.717, 1.165) is 34.6 Å². The molecule has 0 radical (unpaired) electrons. The number of hydrogen-bond donors (Lipinski definition) is 2. The molecule has 2 aliphatic carbocycles. The molecule has 0 bridgehead atoms. The third kappa shape index (κ3) is 7.70. The Balaban J connectivity index is 1.40. The maximum atomic E-state index is 10.3. The number of hydrogen-bond acceptors (Lipinski definition) is 4. The summed E-state index contributed by atoms with van der Waals surface area (Å²) in [6.45, 7) is 2.46. The topological polar surface area (TPSA) is 72.0 Å². The molecule has 1 heterocycles. The number of nitrogen functional groups attached to an aromatic ring is 1. The monoisotopic (exact) mass is 491 g/mol. The van der Waals surface area contributed by atoms with Crippen LogP contribution in [-0.4, -0.2) is 15.3 Å². The number of anilines is 1. The molecule has 3 N–H and O–H groups in total. The predicted octanol–water partition coefficient (Wildman–Crippen LogP) is 9.04. The maximum absolute atomic E-state index is 10.3. The van der Waals surface area contributed by atoms with Gasteiger partial charge in [-0.25, -0.2) is 0 Å². The molecule has 36 heavy (non-hydrogen) atoms. The van der Waals surface area contributed by atoms with Gasteiger partial charge in [0.2, 0.25) is 0 Å². The molecule has 198 valence electrons. The third-order valence-corrected chi connectivity index (χ3v) is 9.19. The van der Waals surface area contributed by atoms with Gasteiger partial charge in [-0.05, 0) is 54.7 Å². The number of para-hydroxylation sites is 1. The van der Waals surface area contributed by atoms with Crippen molar-refractivity contribution in [2.24, 2.45) is 17.8 Å². The minimum Gasteiger partial charge on any atom is -0.507 e. The van der Waals surface area contributed by atoms with Gasteiger partial charge in [-0.1, -0.05) is 115 Å². The van der Waals surface area contributed by atoms with Crippen LogP contribution < -0.4 is 5.73 Å². The van der Waals surface area contributed by atoms with Gasteiger partial charge in [-0.2, -0.15) is 0 Å². The van der Waals surface area contributed by atoms with E-state index in [4.69, 9.17) is 5.73 Å². The molecule has 0 aliphatic heterocycles. The molecule has 2 aromatic rings. The number of rotatable bonds is 3. The van der Waals surface area contributed by atoms with Crippen molar-refractivity contribution in [3.05, 3.63) is 35.9 Å². The van der Waals surface area contributed by atoms with Crippen LogP contribution in [0.25, 0.3) is 11.3 Å². The highest BCUT2D eigenvalue weighted by Crippen LogP contribution is 2.38. The van der Waals surface area contributed by atoms with Crippen molar-refractivity contribution in [1.29, 1.82) is 0 Å². The first kappa shape index (κ1) is 26.9. The van der Waals surface area contributed by atoms with Crippen LogP contribution in [-0.2, 0) is 0 Å². The number of nitrogens with zero attached hydrogens (tertiary/aromatic N) is 2. The van der Waals surface area contributed by atoms with Crippen molar-refractivity contribution in [3.63, 3.8) is 0 Å². The lowest BCUT2D eigenvalue weighted by atomic mass is 9.77. The zero-order valence-corrected chi connectivity index (χ0v) is 22.6. The lowest BCUT2D eigenvalue weighted by Gasteiger charge is -2.29. The molecule has 1 aromatic heterocycles. The van der Waals surface area contributed by atoms with Crippen LogP contribution in [0.5, 0.6) is 5.75 Å². The second kappa shape index (κ2) is 14.0. The fraction of sp³-hybridized carbons (Fsp3) is 0.688. The van der Waals surface area contributed by atoms with Gasteiger partial charge in [0.15, 0.2) is 0 Å². The Kier molecular flexibility index (Phi) is 10.5. The SMILES string of the molecule is CC1CCCCC(C2CCCCCC(c3cc(-c4ccccc4O)nnc3N)CCCC2)CCCC1. The predicted molar refractivity (Wildman–Crippen MR) is 151 cm³/mol. The van der Waals surface area contributed by atoms with E-state index in [-0.39, 0.29) is 5.75 Å². The van der Waals surface area contributed by atoms with Gasteiger partial charge in [0.25, 0.3) is 0 Å². The number of aromatic hydroxyl groups is 1. The largest absolute Gasteiger partial charge is 0.507 e. The third-order valence-electron chi connectivity index (χ3n) is 9.19. The number of benzene rings is 1. The normalized spacial score (nSPS) is 27.6. The summed E-state index contributed by atoms with van der Waals surface area (Å²) in [5.41, 5.74) is 8.94. The molecule has 1 aromatic carbocycles. The second-order valence-electron chi connectivity index (χ2n) is 11.9. The van der Waals surface area contributed by atoms with E-state index in [1.807, 2.05) is 18.2 Å². The van der Waals surface area contributed by atoms with E-state index >= 15 is 0 Å². The molecule has 2 aliphatic rings. The Morgan fingerprint density at radius 1 is 0.694 bits per heavy atom. The molecule has 2 atom stereocenters. The average Bonchev–Trinajstić information content (AvgIpc) is 2.94. The van der Waals surface area contributed by atoms with E-state index in [0.29, 0.717) is 11.7 Å². The number of aromatic nitrogens is 2. The summed E-state index contributed by atoms with van der Waals surface area (Å²) < 4.78 is 0.